The minimum Gasteiger partial charge on any atom is -0.357 e. The van der Waals surface area contributed by atoms with Crippen LogP contribution in [0, 0.1) is 5.92 Å². The lowest BCUT2D eigenvalue weighted by atomic mass is 10.4. The SMILES string of the molecule is CCCNC(=O)CN=C(NCC)NC1CC1C.I. The van der Waals surface area contributed by atoms with E-state index in [1.54, 1.807) is 0 Å². The third-order valence-corrected chi connectivity index (χ3v) is 2.73. The molecule has 1 amide bonds. The Morgan fingerprint density at radius 1 is 1.33 bits per heavy atom. The van der Waals surface area contributed by atoms with Crippen molar-refractivity contribution in [3.05, 3.63) is 0 Å². The Balaban J connectivity index is 0.00000289. The van der Waals surface area contributed by atoms with Gasteiger partial charge in [0.05, 0.1) is 0 Å². The molecule has 2 atom stereocenters. The van der Waals surface area contributed by atoms with E-state index in [4.69, 9.17) is 0 Å². The van der Waals surface area contributed by atoms with Gasteiger partial charge in [0.25, 0.3) is 0 Å². The van der Waals surface area contributed by atoms with Crippen LogP contribution in [0.25, 0.3) is 0 Å². The van der Waals surface area contributed by atoms with Gasteiger partial charge in [-0.3, -0.25) is 4.79 Å². The van der Waals surface area contributed by atoms with Crippen LogP contribution in [-0.4, -0.2) is 37.5 Å². The zero-order chi connectivity index (χ0) is 12.7. The van der Waals surface area contributed by atoms with E-state index >= 15 is 0 Å². The van der Waals surface area contributed by atoms with Gasteiger partial charge in [-0.15, -0.1) is 24.0 Å². The average Bonchev–Trinajstić information content (AvgIpc) is 2.99. The fourth-order valence-electron chi connectivity index (χ4n) is 1.49. The molecule has 0 bridgehead atoms. The molecule has 5 nitrogen and oxygen atoms in total. The number of halogens is 1. The van der Waals surface area contributed by atoms with Gasteiger partial charge in [0.1, 0.15) is 6.54 Å². The van der Waals surface area contributed by atoms with Crippen LogP contribution in [0.1, 0.15) is 33.6 Å². The van der Waals surface area contributed by atoms with Gasteiger partial charge in [-0.05, 0) is 25.7 Å². The molecular formula is C12H25IN4O. The van der Waals surface area contributed by atoms with E-state index in [0.717, 1.165) is 25.5 Å². The van der Waals surface area contributed by atoms with Crippen LogP contribution in [0.3, 0.4) is 0 Å². The summed E-state index contributed by atoms with van der Waals surface area (Å²) in [6.45, 7) is 7.97. The molecule has 1 aliphatic carbocycles. The Hall–Kier alpha value is -0.530. The molecule has 1 rings (SSSR count). The van der Waals surface area contributed by atoms with Gasteiger partial charge >= 0.3 is 0 Å². The van der Waals surface area contributed by atoms with Gasteiger partial charge in [0.15, 0.2) is 5.96 Å². The van der Waals surface area contributed by atoms with E-state index in [1.165, 1.54) is 6.42 Å². The normalized spacial score (nSPS) is 21.8. The standard InChI is InChI=1S/C12H24N4O.HI/c1-4-6-14-11(17)8-15-12(13-5-2)16-10-7-9(10)3;/h9-10H,4-8H2,1-3H3,(H,14,17)(H2,13,15,16);1H. The summed E-state index contributed by atoms with van der Waals surface area (Å²) in [6, 6.07) is 0.520. The molecular weight excluding hydrogens is 343 g/mol. The quantitative estimate of drug-likeness (QED) is 0.374. The van der Waals surface area contributed by atoms with Crippen molar-refractivity contribution in [3.63, 3.8) is 0 Å². The van der Waals surface area contributed by atoms with Crippen LogP contribution < -0.4 is 16.0 Å². The summed E-state index contributed by atoms with van der Waals surface area (Å²) in [6.07, 6.45) is 2.14. The first-order chi connectivity index (χ1) is 8.17. The molecule has 1 aliphatic rings. The second-order valence-corrected chi connectivity index (χ2v) is 4.51. The number of carbonyl (C=O) groups excluding carboxylic acids is 1. The third-order valence-electron chi connectivity index (χ3n) is 2.73. The van der Waals surface area contributed by atoms with Gasteiger partial charge in [-0.25, -0.2) is 4.99 Å². The summed E-state index contributed by atoms with van der Waals surface area (Å²) in [5.74, 6) is 1.44. The van der Waals surface area contributed by atoms with Gasteiger partial charge in [-0.1, -0.05) is 13.8 Å². The minimum absolute atomic E-state index is 0. The van der Waals surface area contributed by atoms with Gasteiger partial charge < -0.3 is 16.0 Å². The van der Waals surface area contributed by atoms with E-state index in [0.29, 0.717) is 12.0 Å². The molecule has 0 radical (unpaired) electrons. The van der Waals surface area contributed by atoms with E-state index < -0.39 is 0 Å². The van der Waals surface area contributed by atoms with Crippen molar-refractivity contribution in [2.24, 2.45) is 10.9 Å². The number of carbonyl (C=O) groups is 1. The number of hydrogen-bond acceptors (Lipinski definition) is 2. The monoisotopic (exact) mass is 368 g/mol. The number of hydrogen-bond donors (Lipinski definition) is 3. The summed E-state index contributed by atoms with van der Waals surface area (Å²) >= 11 is 0. The van der Waals surface area contributed by atoms with Crippen LogP contribution in [0.5, 0.6) is 0 Å². The van der Waals surface area contributed by atoms with E-state index in [2.05, 4.69) is 27.9 Å². The number of amides is 1. The van der Waals surface area contributed by atoms with Crippen molar-refractivity contribution in [2.45, 2.75) is 39.7 Å². The molecule has 0 aliphatic heterocycles. The highest BCUT2D eigenvalue weighted by Gasteiger charge is 2.33. The minimum atomic E-state index is -0.0205. The first-order valence-electron chi connectivity index (χ1n) is 6.48. The predicted octanol–water partition coefficient (Wildman–Crippen LogP) is 1.09. The highest BCUT2D eigenvalue weighted by Crippen LogP contribution is 2.28. The summed E-state index contributed by atoms with van der Waals surface area (Å²) in [5.41, 5.74) is 0. The molecule has 3 N–H and O–H groups in total. The number of aliphatic imine (C=N–C) groups is 1. The van der Waals surface area contributed by atoms with Crippen LogP contribution in [0.15, 0.2) is 4.99 Å². The number of nitrogens with one attached hydrogen (secondary N) is 3. The zero-order valence-electron chi connectivity index (χ0n) is 11.5. The molecule has 106 valence electrons. The molecule has 0 aromatic heterocycles. The van der Waals surface area contributed by atoms with E-state index in [1.807, 2.05) is 13.8 Å². The van der Waals surface area contributed by atoms with E-state index in [9.17, 15) is 4.79 Å². The molecule has 18 heavy (non-hydrogen) atoms. The highest BCUT2D eigenvalue weighted by molar-refractivity contribution is 14.0. The molecule has 2 unspecified atom stereocenters. The number of rotatable bonds is 6. The molecule has 0 saturated heterocycles. The first kappa shape index (κ1) is 17.5. The van der Waals surface area contributed by atoms with Gasteiger partial charge in [0, 0.05) is 19.1 Å². The van der Waals surface area contributed by atoms with E-state index in [-0.39, 0.29) is 36.4 Å². The maximum absolute atomic E-state index is 11.4. The first-order valence-corrected chi connectivity index (χ1v) is 6.48. The lowest BCUT2D eigenvalue weighted by molar-refractivity contribution is -0.119. The lowest BCUT2D eigenvalue weighted by Gasteiger charge is -2.10. The maximum atomic E-state index is 11.4. The molecule has 0 spiro atoms. The zero-order valence-corrected chi connectivity index (χ0v) is 13.8. The Morgan fingerprint density at radius 2 is 2.00 bits per heavy atom. The van der Waals surface area contributed by atoms with Crippen LogP contribution in [-0.2, 0) is 4.79 Å². The second kappa shape index (κ2) is 9.41. The van der Waals surface area contributed by atoms with Crippen molar-refractivity contribution in [2.75, 3.05) is 19.6 Å². The third kappa shape index (κ3) is 7.03. The van der Waals surface area contributed by atoms with Crippen LogP contribution >= 0.6 is 24.0 Å². The highest BCUT2D eigenvalue weighted by atomic mass is 127. The Labute approximate surface area is 127 Å². The molecule has 1 saturated carbocycles. The van der Waals surface area contributed by atoms with Crippen molar-refractivity contribution >= 4 is 35.8 Å². The number of nitrogens with zero attached hydrogens (tertiary/aromatic N) is 1. The van der Waals surface area contributed by atoms with Crippen LogP contribution in [0.2, 0.25) is 0 Å². The average molecular weight is 368 g/mol. The summed E-state index contributed by atoms with van der Waals surface area (Å²) in [7, 11) is 0. The van der Waals surface area contributed by atoms with Gasteiger partial charge in [-0.2, -0.15) is 0 Å². The fraction of sp³-hybridized carbons (Fsp3) is 0.833. The van der Waals surface area contributed by atoms with Crippen LogP contribution in [0.4, 0.5) is 0 Å². The Bertz CT molecular complexity index is 283. The smallest absolute Gasteiger partial charge is 0.241 e. The van der Waals surface area contributed by atoms with Crippen molar-refractivity contribution in [1.82, 2.24) is 16.0 Å². The Morgan fingerprint density at radius 3 is 2.50 bits per heavy atom. The second-order valence-electron chi connectivity index (χ2n) is 4.51. The topological polar surface area (TPSA) is 65.5 Å². The fourth-order valence-corrected chi connectivity index (χ4v) is 1.49. The summed E-state index contributed by atoms with van der Waals surface area (Å²) in [5, 5.41) is 9.26. The molecule has 1 fully saturated rings. The largest absolute Gasteiger partial charge is 0.357 e. The lowest BCUT2D eigenvalue weighted by Crippen LogP contribution is -2.40. The maximum Gasteiger partial charge on any atom is 0.241 e. The molecule has 0 aromatic carbocycles. The predicted molar refractivity (Wildman–Crippen MR) is 85.4 cm³/mol. The van der Waals surface area contributed by atoms with Crippen molar-refractivity contribution in [1.29, 1.82) is 0 Å². The van der Waals surface area contributed by atoms with Crippen molar-refractivity contribution in [3.8, 4) is 0 Å². The number of guanidine groups is 1. The summed E-state index contributed by atoms with van der Waals surface area (Å²) in [4.78, 5) is 15.7. The summed E-state index contributed by atoms with van der Waals surface area (Å²) < 4.78 is 0. The van der Waals surface area contributed by atoms with Gasteiger partial charge in [0.2, 0.25) is 5.91 Å². The Kier molecular flexibility index (Phi) is 9.13. The molecule has 0 heterocycles. The molecule has 6 heteroatoms. The molecule has 0 aromatic rings. The van der Waals surface area contributed by atoms with Crippen molar-refractivity contribution < 1.29 is 4.79 Å².